The molecule has 2 aromatic rings. The molecule has 0 saturated carbocycles. The minimum Gasteiger partial charge on any atom is -0.375 e. The minimum absolute atomic E-state index is 0.0131. The van der Waals surface area contributed by atoms with Gasteiger partial charge in [0.25, 0.3) is 5.91 Å². The van der Waals surface area contributed by atoms with E-state index >= 15 is 0 Å². The highest BCUT2D eigenvalue weighted by atomic mass is 32.1. The van der Waals surface area contributed by atoms with Crippen LogP contribution >= 0.6 is 11.3 Å². The fraction of sp³-hybridized carbons (Fsp3) is 0.591. The average molecular weight is 415 g/mol. The Bertz CT molecular complexity index is 802. The number of rotatable bonds is 6. The summed E-state index contributed by atoms with van der Waals surface area (Å²) in [6.45, 7) is 6.85. The molecular formula is C22H30N4O2S. The van der Waals surface area contributed by atoms with Gasteiger partial charge in [-0.1, -0.05) is 0 Å². The first-order valence-corrected chi connectivity index (χ1v) is 11.4. The van der Waals surface area contributed by atoms with E-state index in [1.54, 1.807) is 35.9 Å². The Morgan fingerprint density at radius 3 is 2.86 bits per heavy atom. The van der Waals surface area contributed by atoms with Crippen molar-refractivity contribution in [1.82, 2.24) is 20.2 Å². The van der Waals surface area contributed by atoms with Crippen molar-refractivity contribution in [3.63, 3.8) is 0 Å². The summed E-state index contributed by atoms with van der Waals surface area (Å²) < 4.78 is 6.31. The highest BCUT2D eigenvalue weighted by Crippen LogP contribution is 2.39. The van der Waals surface area contributed by atoms with Crippen molar-refractivity contribution in [3.8, 4) is 0 Å². The van der Waals surface area contributed by atoms with Gasteiger partial charge in [-0.25, -0.2) is 4.98 Å². The first-order chi connectivity index (χ1) is 14.1. The standard InChI is InChI=1S/C22H30N4O2S/c1-17-20(29-16-25-17)15-26-11-6-22(7-12-26)14-18(5-13-28-22)2-10-24-21(27)19-3-8-23-9-4-19/h3-4,8-9,16,18H,2,5-7,10-15H2,1H3,(H,24,27). The van der Waals surface area contributed by atoms with Gasteiger partial charge in [0.05, 0.1) is 16.8 Å². The molecule has 1 spiro atoms. The molecule has 6 nitrogen and oxygen atoms in total. The molecule has 0 bridgehead atoms. The summed E-state index contributed by atoms with van der Waals surface area (Å²) in [5.41, 5.74) is 3.82. The van der Waals surface area contributed by atoms with Crippen LogP contribution in [0.2, 0.25) is 0 Å². The molecule has 4 rings (SSSR count). The largest absolute Gasteiger partial charge is 0.375 e. The van der Waals surface area contributed by atoms with Gasteiger partial charge in [0.1, 0.15) is 0 Å². The van der Waals surface area contributed by atoms with Crippen molar-refractivity contribution in [1.29, 1.82) is 0 Å². The number of carbonyl (C=O) groups is 1. The first-order valence-electron chi connectivity index (χ1n) is 10.6. The molecule has 2 aromatic heterocycles. The van der Waals surface area contributed by atoms with Crippen LogP contribution in [0.1, 0.15) is 53.0 Å². The smallest absolute Gasteiger partial charge is 0.251 e. The minimum atomic E-state index is -0.0131. The van der Waals surface area contributed by atoms with E-state index < -0.39 is 0 Å². The summed E-state index contributed by atoms with van der Waals surface area (Å²) in [4.78, 5) is 24.4. The molecule has 1 amide bonds. The van der Waals surface area contributed by atoms with Crippen molar-refractivity contribution in [2.24, 2.45) is 5.92 Å². The number of aromatic nitrogens is 2. The molecule has 0 radical (unpaired) electrons. The van der Waals surface area contributed by atoms with Gasteiger partial charge < -0.3 is 10.1 Å². The van der Waals surface area contributed by atoms with E-state index in [9.17, 15) is 4.79 Å². The van der Waals surface area contributed by atoms with Gasteiger partial charge in [0.15, 0.2) is 0 Å². The van der Waals surface area contributed by atoms with E-state index in [2.05, 4.69) is 27.1 Å². The Kier molecular flexibility index (Phi) is 6.57. The van der Waals surface area contributed by atoms with Gasteiger partial charge in [-0.05, 0) is 57.1 Å². The number of pyridine rings is 1. The van der Waals surface area contributed by atoms with Crippen LogP contribution in [0.3, 0.4) is 0 Å². The summed E-state index contributed by atoms with van der Waals surface area (Å²) in [6, 6.07) is 3.50. The zero-order chi connectivity index (χ0) is 20.1. The van der Waals surface area contributed by atoms with E-state index in [4.69, 9.17) is 4.74 Å². The van der Waals surface area contributed by atoms with Crippen molar-refractivity contribution >= 4 is 17.2 Å². The lowest BCUT2D eigenvalue weighted by Gasteiger charge is -2.46. The van der Waals surface area contributed by atoms with E-state index in [1.807, 2.05) is 5.51 Å². The van der Waals surface area contributed by atoms with Crippen LogP contribution in [-0.4, -0.2) is 52.6 Å². The van der Waals surface area contributed by atoms with Gasteiger partial charge in [-0.15, -0.1) is 11.3 Å². The molecule has 7 heteroatoms. The zero-order valence-corrected chi connectivity index (χ0v) is 17.9. The highest BCUT2D eigenvalue weighted by Gasteiger charge is 2.40. The van der Waals surface area contributed by atoms with E-state index in [0.717, 1.165) is 70.6 Å². The van der Waals surface area contributed by atoms with Crippen LogP contribution in [0.15, 0.2) is 30.0 Å². The molecule has 29 heavy (non-hydrogen) atoms. The Morgan fingerprint density at radius 1 is 1.34 bits per heavy atom. The van der Waals surface area contributed by atoms with Crippen molar-refractivity contribution in [2.45, 2.75) is 51.2 Å². The summed E-state index contributed by atoms with van der Waals surface area (Å²) in [5, 5.41) is 3.05. The topological polar surface area (TPSA) is 67.4 Å². The maximum Gasteiger partial charge on any atom is 0.251 e. The van der Waals surface area contributed by atoms with Gasteiger partial charge >= 0.3 is 0 Å². The number of hydrogen-bond acceptors (Lipinski definition) is 6. The Morgan fingerprint density at radius 2 is 2.14 bits per heavy atom. The lowest BCUT2D eigenvalue weighted by molar-refractivity contribution is -0.128. The van der Waals surface area contributed by atoms with E-state index in [1.165, 1.54) is 4.88 Å². The fourth-order valence-corrected chi connectivity index (χ4v) is 5.34. The van der Waals surface area contributed by atoms with Crippen molar-refractivity contribution in [3.05, 3.63) is 46.2 Å². The summed E-state index contributed by atoms with van der Waals surface area (Å²) >= 11 is 1.76. The predicted octanol–water partition coefficient (Wildman–Crippen LogP) is 3.43. The molecule has 0 aromatic carbocycles. The zero-order valence-electron chi connectivity index (χ0n) is 17.1. The van der Waals surface area contributed by atoms with Crippen LogP contribution in [0.25, 0.3) is 0 Å². The first kappa shape index (κ1) is 20.4. The molecule has 2 aliphatic rings. The van der Waals surface area contributed by atoms with Crippen molar-refractivity contribution < 1.29 is 9.53 Å². The van der Waals surface area contributed by atoms with Crippen LogP contribution in [-0.2, 0) is 11.3 Å². The molecule has 1 N–H and O–H groups in total. The van der Waals surface area contributed by atoms with Gasteiger partial charge in [-0.3, -0.25) is 14.7 Å². The highest BCUT2D eigenvalue weighted by molar-refractivity contribution is 7.09. The Balaban J connectivity index is 1.22. The van der Waals surface area contributed by atoms with Crippen LogP contribution in [0.5, 0.6) is 0 Å². The SMILES string of the molecule is Cc1ncsc1CN1CCC2(CC1)CC(CCNC(=O)c1ccncc1)CCO2. The number of nitrogens with zero attached hydrogens (tertiary/aromatic N) is 3. The number of amides is 1. The normalized spacial score (nSPS) is 21.9. The number of nitrogens with one attached hydrogen (secondary N) is 1. The average Bonchev–Trinajstić information content (AvgIpc) is 3.15. The number of thiazole rings is 1. The second kappa shape index (κ2) is 9.32. The molecule has 1 atom stereocenters. The van der Waals surface area contributed by atoms with Gasteiger partial charge in [0.2, 0.25) is 0 Å². The number of likely N-dealkylation sites (tertiary alicyclic amines) is 1. The summed E-state index contributed by atoms with van der Waals surface area (Å²) in [7, 11) is 0. The quantitative estimate of drug-likeness (QED) is 0.784. The number of ether oxygens (including phenoxy) is 1. The Hall–Kier alpha value is -1.83. The Labute approximate surface area is 176 Å². The van der Waals surface area contributed by atoms with Crippen molar-refractivity contribution in [2.75, 3.05) is 26.2 Å². The molecule has 4 heterocycles. The van der Waals surface area contributed by atoms with E-state index in [0.29, 0.717) is 11.5 Å². The summed E-state index contributed by atoms with van der Waals surface area (Å²) in [5.74, 6) is 0.609. The second-order valence-corrected chi connectivity index (χ2v) is 9.25. The third kappa shape index (κ3) is 5.21. The monoisotopic (exact) mass is 414 g/mol. The summed E-state index contributed by atoms with van der Waals surface area (Å²) in [6.07, 6.45) is 8.74. The van der Waals surface area contributed by atoms with Crippen LogP contribution in [0, 0.1) is 12.8 Å². The molecule has 156 valence electrons. The third-order valence-corrected chi connectivity index (χ3v) is 7.27. The number of carbonyl (C=O) groups excluding carboxylic acids is 1. The van der Waals surface area contributed by atoms with Crippen LogP contribution in [0.4, 0.5) is 0 Å². The van der Waals surface area contributed by atoms with Gasteiger partial charge in [0, 0.05) is 55.6 Å². The molecule has 0 aliphatic carbocycles. The maximum atomic E-state index is 12.2. The predicted molar refractivity (Wildman–Crippen MR) is 114 cm³/mol. The molecule has 2 saturated heterocycles. The second-order valence-electron chi connectivity index (χ2n) is 8.31. The number of hydrogen-bond donors (Lipinski definition) is 1. The van der Waals surface area contributed by atoms with Crippen LogP contribution < -0.4 is 5.32 Å². The lowest BCUT2D eigenvalue weighted by atomic mass is 9.78. The molecular weight excluding hydrogens is 384 g/mol. The van der Waals surface area contributed by atoms with E-state index in [-0.39, 0.29) is 11.5 Å². The number of piperidine rings is 1. The molecule has 2 fully saturated rings. The fourth-order valence-electron chi connectivity index (χ4n) is 4.52. The van der Waals surface area contributed by atoms with Gasteiger partial charge in [-0.2, -0.15) is 0 Å². The lowest BCUT2D eigenvalue weighted by Crippen LogP contribution is -2.49. The third-order valence-electron chi connectivity index (χ3n) is 6.36. The molecule has 1 unspecified atom stereocenters. The number of aryl methyl sites for hydroxylation is 1. The maximum absolute atomic E-state index is 12.2. The molecule has 2 aliphatic heterocycles.